The molecule has 1 N–H and O–H groups in total. The number of benzene rings is 1. The van der Waals surface area contributed by atoms with E-state index in [0.717, 1.165) is 11.1 Å². The number of nitrogens with one attached hydrogen (secondary N) is 1. The molecule has 1 aromatic heterocycles. The highest BCUT2D eigenvalue weighted by Gasteiger charge is 2.09. The van der Waals surface area contributed by atoms with Gasteiger partial charge in [0.1, 0.15) is 5.75 Å². The van der Waals surface area contributed by atoms with Crippen LogP contribution >= 0.6 is 11.6 Å². The number of alkyl halides is 2. The minimum Gasteiger partial charge on any atom is -0.433 e. The molecular formula is C11H9ClF2N2O. The van der Waals surface area contributed by atoms with Crippen molar-refractivity contribution in [1.29, 1.82) is 0 Å². The Kier molecular flexibility index (Phi) is 3.58. The van der Waals surface area contributed by atoms with Gasteiger partial charge in [0.15, 0.2) is 0 Å². The van der Waals surface area contributed by atoms with Crippen LogP contribution in [0.25, 0.3) is 0 Å². The molecule has 0 atom stereocenters. The Morgan fingerprint density at radius 2 is 2.18 bits per heavy atom. The summed E-state index contributed by atoms with van der Waals surface area (Å²) in [5.74, 6) is -0.0114. The van der Waals surface area contributed by atoms with Crippen molar-refractivity contribution in [2.45, 2.75) is 13.0 Å². The molecule has 3 nitrogen and oxygen atoms in total. The number of aromatic amines is 1. The van der Waals surface area contributed by atoms with Crippen molar-refractivity contribution in [3.8, 4) is 5.75 Å². The normalized spacial score (nSPS) is 10.8. The lowest BCUT2D eigenvalue weighted by Crippen LogP contribution is -2.03. The van der Waals surface area contributed by atoms with E-state index in [1.807, 2.05) is 0 Å². The van der Waals surface area contributed by atoms with Gasteiger partial charge in [0, 0.05) is 12.6 Å². The smallest absolute Gasteiger partial charge is 0.387 e. The van der Waals surface area contributed by atoms with Crippen molar-refractivity contribution in [1.82, 2.24) is 10.2 Å². The Balaban J connectivity index is 2.18. The molecule has 0 unspecified atom stereocenters. The van der Waals surface area contributed by atoms with Crippen LogP contribution in [-0.4, -0.2) is 16.8 Å². The predicted octanol–water partition coefficient (Wildman–Crippen LogP) is 3.26. The fourth-order valence-corrected chi connectivity index (χ4v) is 1.62. The van der Waals surface area contributed by atoms with Gasteiger partial charge >= 0.3 is 6.61 Å². The molecule has 1 aromatic carbocycles. The molecule has 2 aromatic rings. The Morgan fingerprint density at radius 1 is 1.35 bits per heavy atom. The van der Waals surface area contributed by atoms with Crippen molar-refractivity contribution in [2.24, 2.45) is 0 Å². The summed E-state index contributed by atoms with van der Waals surface area (Å²) in [5, 5.41) is 6.65. The average Bonchev–Trinajstić information content (AvgIpc) is 2.75. The van der Waals surface area contributed by atoms with Crippen LogP contribution < -0.4 is 4.74 Å². The van der Waals surface area contributed by atoms with Gasteiger partial charge in [-0.1, -0.05) is 17.7 Å². The third-order valence-electron chi connectivity index (χ3n) is 2.17. The molecule has 0 aliphatic heterocycles. The molecule has 0 bridgehead atoms. The maximum atomic E-state index is 12.1. The zero-order valence-electron chi connectivity index (χ0n) is 8.66. The van der Waals surface area contributed by atoms with Crippen LogP contribution in [0.5, 0.6) is 5.75 Å². The van der Waals surface area contributed by atoms with Crippen molar-refractivity contribution < 1.29 is 13.5 Å². The standard InChI is InChI=1S/C11H9ClF2N2O/c12-9-2-1-7(3-8-5-15-16-6-8)4-10(9)17-11(13)14/h1-2,4-6,11H,3H2,(H,15,16). The lowest BCUT2D eigenvalue weighted by Gasteiger charge is -2.08. The van der Waals surface area contributed by atoms with E-state index in [0.29, 0.717) is 6.42 Å². The molecule has 0 saturated carbocycles. The molecule has 0 aliphatic carbocycles. The highest BCUT2D eigenvalue weighted by atomic mass is 35.5. The summed E-state index contributed by atoms with van der Waals surface area (Å²) in [5.41, 5.74) is 1.78. The van der Waals surface area contributed by atoms with Crippen molar-refractivity contribution in [3.05, 3.63) is 46.7 Å². The zero-order valence-corrected chi connectivity index (χ0v) is 9.42. The van der Waals surface area contributed by atoms with Gasteiger partial charge in [0.2, 0.25) is 0 Å². The van der Waals surface area contributed by atoms with Gasteiger partial charge in [-0.25, -0.2) is 0 Å². The molecular weight excluding hydrogens is 250 g/mol. The van der Waals surface area contributed by atoms with Crippen LogP contribution in [0.4, 0.5) is 8.78 Å². The lowest BCUT2D eigenvalue weighted by molar-refractivity contribution is -0.0498. The van der Waals surface area contributed by atoms with Gasteiger partial charge in [-0.2, -0.15) is 13.9 Å². The topological polar surface area (TPSA) is 37.9 Å². The van der Waals surface area contributed by atoms with Crippen molar-refractivity contribution >= 4 is 11.6 Å². The molecule has 6 heteroatoms. The number of halogens is 3. The van der Waals surface area contributed by atoms with E-state index in [1.165, 1.54) is 12.1 Å². The first-order chi connectivity index (χ1) is 8.15. The first-order valence-corrected chi connectivity index (χ1v) is 5.24. The summed E-state index contributed by atoms with van der Waals surface area (Å²) in [4.78, 5) is 0. The van der Waals surface area contributed by atoms with Gasteiger partial charge in [-0.15, -0.1) is 0 Å². The SMILES string of the molecule is FC(F)Oc1cc(Cc2cn[nH]c2)ccc1Cl. The van der Waals surface area contributed by atoms with E-state index >= 15 is 0 Å². The second kappa shape index (κ2) is 5.14. The summed E-state index contributed by atoms with van der Waals surface area (Å²) in [6.45, 7) is -2.88. The van der Waals surface area contributed by atoms with Gasteiger partial charge in [0.05, 0.1) is 11.2 Å². The van der Waals surface area contributed by atoms with E-state index in [-0.39, 0.29) is 10.8 Å². The number of ether oxygens (including phenoxy) is 1. The van der Waals surface area contributed by atoms with Gasteiger partial charge in [0.25, 0.3) is 0 Å². The minimum atomic E-state index is -2.88. The van der Waals surface area contributed by atoms with Crippen LogP contribution in [0.15, 0.2) is 30.6 Å². The minimum absolute atomic E-state index is 0.0114. The van der Waals surface area contributed by atoms with E-state index in [9.17, 15) is 8.78 Å². The molecule has 1 heterocycles. The molecule has 0 aliphatic rings. The van der Waals surface area contributed by atoms with E-state index in [4.69, 9.17) is 11.6 Å². The fourth-order valence-electron chi connectivity index (χ4n) is 1.45. The number of nitrogens with zero attached hydrogens (tertiary/aromatic N) is 1. The summed E-state index contributed by atoms with van der Waals surface area (Å²) >= 11 is 5.75. The number of hydrogen-bond acceptors (Lipinski definition) is 2. The Bertz CT molecular complexity index is 488. The molecule has 0 amide bonds. The number of rotatable bonds is 4. The Hall–Kier alpha value is -1.62. The second-order valence-corrected chi connectivity index (χ2v) is 3.83. The van der Waals surface area contributed by atoms with Gasteiger partial charge < -0.3 is 4.74 Å². The van der Waals surface area contributed by atoms with Crippen molar-refractivity contribution in [2.75, 3.05) is 0 Å². The highest BCUT2D eigenvalue weighted by Crippen LogP contribution is 2.27. The van der Waals surface area contributed by atoms with E-state index in [1.54, 1.807) is 18.5 Å². The summed E-state index contributed by atoms with van der Waals surface area (Å²) in [6, 6.07) is 4.80. The second-order valence-electron chi connectivity index (χ2n) is 3.43. The maximum Gasteiger partial charge on any atom is 0.387 e. The first-order valence-electron chi connectivity index (χ1n) is 4.86. The van der Waals surface area contributed by atoms with Crippen LogP contribution in [-0.2, 0) is 6.42 Å². The molecule has 90 valence electrons. The third kappa shape index (κ3) is 3.17. The monoisotopic (exact) mass is 258 g/mol. The predicted molar refractivity (Wildman–Crippen MR) is 59.5 cm³/mol. The van der Waals surface area contributed by atoms with Gasteiger partial charge in [-0.05, 0) is 23.3 Å². The molecule has 17 heavy (non-hydrogen) atoms. The average molecular weight is 259 g/mol. The van der Waals surface area contributed by atoms with E-state index in [2.05, 4.69) is 14.9 Å². The van der Waals surface area contributed by atoms with Crippen LogP contribution in [0.3, 0.4) is 0 Å². The Labute approximate surface area is 101 Å². The summed E-state index contributed by atoms with van der Waals surface area (Å²) < 4.78 is 28.5. The van der Waals surface area contributed by atoms with Gasteiger partial charge in [-0.3, -0.25) is 5.10 Å². The summed E-state index contributed by atoms with van der Waals surface area (Å²) in [6.07, 6.45) is 3.98. The largest absolute Gasteiger partial charge is 0.433 e. The lowest BCUT2D eigenvalue weighted by atomic mass is 10.1. The first kappa shape index (κ1) is 11.9. The number of aromatic nitrogens is 2. The quantitative estimate of drug-likeness (QED) is 0.914. The molecule has 0 radical (unpaired) electrons. The Morgan fingerprint density at radius 3 is 2.82 bits per heavy atom. The number of hydrogen-bond donors (Lipinski definition) is 1. The van der Waals surface area contributed by atoms with E-state index < -0.39 is 6.61 Å². The summed E-state index contributed by atoms with van der Waals surface area (Å²) in [7, 11) is 0. The molecule has 2 rings (SSSR count). The van der Waals surface area contributed by atoms with Crippen LogP contribution in [0.1, 0.15) is 11.1 Å². The highest BCUT2D eigenvalue weighted by molar-refractivity contribution is 6.32. The number of H-pyrrole nitrogens is 1. The van der Waals surface area contributed by atoms with Crippen LogP contribution in [0.2, 0.25) is 5.02 Å². The van der Waals surface area contributed by atoms with Crippen LogP contribution in [0, 0.1) is 0 Å². The molecule has 0 saturated heterocycles. The molecule has 0 spiro atoms. The van der Waals surface area contributed by atoms with Crippen molar-refractivity contribution in [3.63, 3.8) is 0 Å². The zero-order chi connectivity index (χ0) is 12.3. The fraction of sp³-hybridized carbons (Fsp3) is 0.182. The third-order valence-corrected chi connectivity index (χ3v) is 2.49. The maximum absolute atomic E-state index is 12.1. The molecule has 0 fully saturated rings.